The van der Waals surface area contributed by atoms with Gasteiger partial charge in [-0.15, -0.1) is 0 Å². The maximum Gasteiger partial charge on any atom is 0.317 e. The van der Waals surface area contributed by atoms with Gasteiger partial charge >= 0.3 is 6.03 Å². The van der Waals surface area contributed by atoms with E-state index in [1.165, 1.54) is 18.4 Å². The van der Waals surface area contributed by atoms with Crippen molar-refractivity contribution >= 4 is 6.03 Å². The predicted molar refractivity (Wildman–Crippen MR) is 92.9 cm³/mol. The van der Waals surface area contributed by atoms with Crippen LogP contribution in [0.5, 0.6) is 0 Å². The van der Waals surface area contributed by atoms with E-state index < -0.39 is 0 Å². The number of hydrogen-bond donors (Lipinski definition) is 1. The highest BCUT2D eigenvalue weighted by Gasteiger charge is 2.43. The highest BCUT2D eigenvalue weighted by atomic mass is 16.5. The van der Waals surface area contributed by atoms with Crippen molar-refractivity contribution in [1.82, 2.24) is 15.1 Å². The molecule has 1 aromatic carbocycles. The number of amides is 2. The molecule has 0 unspecified atom stereocenters. The van der Waals surface area contributed by atoms with Crippen LogP contribution < -0.4 is 5.32 Å². The second-order valence-electron chi connectivity index (χ2n) is 7.25. The molecule has 0 spiro atoms. The number of ether oxygens (including phenoxy) is 1. The van der Waals surface area contributed by atoms with E-state index in [2.05, 4.69) is 22.3 Å². The maximum absolute atomic E-state index is 12.4. The zero-order valence-corrected chi connectivity index (χ0v) is 14.2. The topological polar surface area (TPSA) is 44.8 Å². The van der Waals surface area contributed by atoms with Gasteiger partial charge in [0.15, 0.2) is 0 Å². The lowest BCUT2D eigenvalue weighted by molar-refractivity contribution is -0.0802. The first-order chi connectivity index (χ1) is 11.8. The lowest BCUT2D eigenvalue weighted by Crippen LogP contribution is -2.64. The van der Waals surface area contributed by atoms with Crippen LogP contribution >= 0.6 is 0 Å². The molecule has 3 aliphatic rings. The highest BCUT2D eigenvalue weighted by molar-refractivity contribution is 5.74. The number of nitrogens with zero attached hydrogens (tertiary/aromatic N) is 2. The molecule has 2 atom stereocenters. The minimum atomic E-state index is 0.0686. The number of rotatable bonds is 4. The Morgan fingerprint density at radius 1 is 1.17 bits per heavy atom. The Labute approximate surface area is 144 Å². The molecule has 1 aliphatic carbocycles. The van der Waals surface area contributed by atoms with Gasteiger partial charge in [0.25, 0.3) is 0 Å². The molecule has 130 valence electrons. The van der Waals surface area contributed by atoms with Crippen LogP contribution in [0.1, 0.15) is 18.4 Å². The number of benzene rings is 1. The molecule has 2 heterocycles. The van der Waals surface area contributed by atoms with E-state index in [1.54, 1.807) is 0 Å². The number of piperazine rings is 1. The van der Waals surface area contributed by atoms with Gasteiger partial charge in [0.1, 0.15) is 0 Å². The van der Waals surface area contributed by atoms with Crippen LogP contribution in [0, 0.1) is 5.92 Å². The highest BCUT2D eigenvalue weighted by Crippen LogP contribution is 2.38. The summed E-state index contributed by atoms with van der Waals surface area (Å²) in [5, 5.41) is 3.07. The Morgan fingerprint density at radius 3 is 2.79 bits per heavy atom. The molecular formula is C19H27N3O2. The number of carbonyl (C=O) groups is 1. The fourth-order valence-electron chi connectivity index (χ4n) is 4.02. The first-order valence-electron chi connectivity index (χ1n) is 9.21. The summed E-state index contributed by atoms with van der Waals surface area (Å²) in [7, 11) is 0. The number of fused-ring (bicyclic) bond motifs is 1. The van der Waals surface area contributed by atoms with Crippen molar-refractivity contribution in [3.63, 3.8) is 0 Å². The van der Waals surface area contributed by atoms with Gasteiger partial charge in [-0.05, 0) is 30.7 Å². The van der Waals surface area contributed by atoms with E-state index in [1.807, 2.05) is 23.1 Å². The number of urea groups is 1. The Balaban J connectivity index is 1.26. The summed E-state index contributed by atoms with van der Waals surface area (Å²) in [6, 6.07) is 11.3. The third kappa shape index (κ3) is 3.57. The van der Waals surface area contributed by atoms with Gasteiger partial charge in [-0.2, -0.15) is 0 Å². The van der Waals surface area contributed by atoms with Gasteiger partial charge < -0.3 is 15.0 Å². The van der Waals surface area contributed by atoms with Crippen LogP contribution in [-0.4, -0.2) is 67.3 Å². The summed E-state index contributed by atoms with van der Waals surface area (Å²) >= 11 is 0. The lowest BCUT2D eigenvalue weighted by Gasteiger charge is -2.48. The lowest BCUT2D eigenvalue weighted by atomic mass is 10.0. The largest absolute Gasteiger partial charge is 0.378 e. The van der Waals surface area contributed by atoms with Crippen molar-refractivity contribution in [2.45, 2.75) is 31.3 Å². The number of morpholine rings is 1. The molecule has 24 heavy (non-hydrogen) atoms. The third-order valence-electron chi connectivity index (χ3n) is 5.54. The number of nitrogens with one attached hydrogen (secondary N) is 1. The van der Waals surface area contributed by atoms with Crippen molar-refractivity contribution in [3.05, 3.63) is 35.9 Å². The van der Waals surface area contributed by atoms with Crippen molar-refractivity contribution in [2.75, 3.05) is 39.4 Å². The Hall–Kier alpha value is -1.59. The average Bonchev–Trinajstić information content (AvgIpc) is 3.46. The number of hydrogen-bond acceptors (Lipinski definition) is 3. The SMILES string of the molecule is O=C(NCCc1ccccc1)N1CCN2[C@@H](COC[C@@H]2C2CC2)C1. The summed E-state index contributed by atoms with van der Waals surface area (Å²) in [4.78, 5) is 17.0. The minimum absolute atomic E-state index is 0.0686. The quantitative estimate of drug-likeness (QED) is 0.915. The normalized spacial score (nSPS) is 27.6. The van der Waals surface area contributed by atoms with Gasteiger partial charge in [-0.3, -0.25) is 4.90 Å². The van der Waals surface area contributed by atoms with Crippen molar-refractivity contribution in [2.24, 2.45) is 5.92 Å². The standard InChI is InChI=1S/C19H27N3O2/c23-19(20-9-8-15-4-2-1-3-5-15)21-10-11-22-17(12-21)13-24-14-18(22)16-6-7-16/h1-5,16-18H,6-14H2,(H,20,23)/t17-,18-/m1/s1. The van der Waals surface area contributed by atoms with Crippen molar-refractivity contribution < 1.29 is 9.53 Å². The molecule has 2 aliphatic heterocycles. The Kier molecular flexibility index (Phi) is 4.72. The molecule has 5 nitrogen and oxygen atoms in total. The Bertz CT molecular complexity index is 561. The van der Waals surface area contributed by atoms with E-state index in [0.717, 1.165) is 45.2 Å². The van der Waals surface area contributed by atoms with Crippen molar-refractivity contribution in [3.8, 4) is 0 Å². The van der Waals surface area contributed by atoms with Crippen molar-refractivity contribution in [1.29, 1.82) is 0 Å². The number of carbonyl (C=O) groups excluding carboxylic acids is 1. The van der Waals surface area contributed by atoms with E-state index in [0.29, 0.717) is 18.6 Å². The summed E-state index contributed by atoms with van der Waals surface area (Å²) in [5.74, 6) is 0.832. The van der Waals surface area contributed by atoms with Crippen LogP contribution in [0.25, 0.3) is 0 Å². The fourth-order valence-corrected chi connectivity index (χ4v) is 4.02. The molecule has 1 N–H and O–H groups in total. The Morgan fingerprint density at radius 2 is 2.00 bits per heavy atom. The maximum atomic E-state index is 12.4. The van der Waals surface area contributed by atoms with Crippen LogP contribution in [-0.2, 0) is 11.2 Å². The summed E-state index contributed by atoms with van der Waals surface area (Å²) in [6.07, 6.45) is 3.57. The molecule has 0 radical (unpaired) electrons. The van der Waals surface area contributed by atoms with Crippen LogP contribution in [0.2, 0.25) is 0 Å². The van der Waals surface area contributed by atoms with Gasteiger partial charge in [0, 0.05) is 32.2 Å². The summed E-state index contributed by atoms with van der Waals surface area (Å²) in [6.45, 7) is 4.94. The zero-order chi connectivity index (χ0) is 16.4. The van der Waals surface area contributed by atoms with E-state index >= 15 is 0 Å². The zero-order valence-electron chi connectivity index (χ0n) is 14.2. The van der Waals surface area contributed by atoms with Gasteiger partial charge in [0.2, 0.25) is 0 Å². The fraction of sp³-hybridized carbons (Fsp3) is 0.632. The second kappa shape index (κ2) is 7.11. The average molecular weight is 329 g/mol. The molecule has 5 heteroatoms. The third-order valence-corrected chi connectivity index (χ3v) is 5.54. The van der Waals surface area contributed by atoms with Crippen LogP contribution in [0.4, 0.5) is 4.79 Å². The molecule has 0 aromatic heterocycles. The first kappa shape index (κ1) is 15.9. The van der Waals surface area contributed by atoms with Gasteiger partial charge in [-0.1, -0.05) is 30.3 Å². The summed E-state index contributed by atoms with van der Waals surface area (Å²) < 4.78 is 5.82. The van der Waals surface area contributed by atoms with Crippen LogP contribution in [0.15, 0.2) is 30.3 Å². The molecular weight excluding hydrogens is 302 g/mol. The first-order valence-corrected chi connectivity index (χ1v) is 9.21. The molecule has 1 aromatic rings. The van der Waals surface area contributed by atoms with E-state index in [4.69, 9.17) is 4.74 Å². The smallest absolute Gasteiger partial charge is 0.317 e. The molecule has 2 amide bonds. The predicted octanol–water partition coefficient (Wildman–Crippen LogP) is 1.73. The second-order valence-corrected chi connectivity index (χ2v) is 7.25. The van der Waals surface area contributed by atoms with Crippen LogP contribution in [0.3, 0.4) is 0 Å². The molecule has 1 saturated carbocycles. The molecule has 3 fully saturated rings. The summed E-state index contributed by atoms with van der Waals surface area (Å²) in [5.41, 5.74) is 1.26. The monoisotopic (exact) mass is 329 g/mol. The van der Waals surface area contributed by atoms with E-state index in [-0.39, 0.29) is 6.03 Å². The molecule has 2 saturated heterocycles. The molecule has 4 rings (SSSR count). The minimum Gasteiger partial charge on any atom is -0.378 e. The van der Waals surface area contributed by atoms with Gasteiger partial charge in [0.05, 0.1) is 19.3 Å². The van der Waals surface area contributed by atoms with Gasteiger partial charge in [-0.25, -0.2) is 4.79 Å². The van der Waals surface area contributed by atoms with E-state index in [9.17, 15) is 4.79 Å². The molecule has 0 bridgehead atoms.